The van der Waals surface area contributed by atoms with Gasteiger partial charge in [-0.05, 0) is 52.6 Å². The fourth-order valence-corrected chi connectivity index (χ4v) is 3.24. The summed E-state index contributed by atoms with van der Waals surface area (Å²) in [6.45, 7) is 4.28. The Bertz CT molecular complexity index is 257. The lowest BCUT2D eigenvalue weighted by Gasteiger charge is -2.38. The van der Waals surface area contributed by atoms with Gasteiger partial charge < -0.3 is 19.6 Å². The first kappa shape index (κ1) is 15.2. The molecule has 2 fully saturated rings. The van der Waals surface area contributed by atoms with Crippen LogP contribution in [0.25, 0.3) is 0 Å². The summed E-state index contributed by atoms with van der Waals surface area (Å²) in [5, 5.41) is 10.2. The highest BCUT2D eigenvalue weighted by Crippen LogP contribution is 2.20. The van der Waals surface area contributed by atoms with E-state index in [0.717, 1.165) is 51.9 Å². The molecule has 0 saturated carbocycles. The van der Waals surface area contributed by atoms with Crippen LogP contribution in [-0.4, -0.2) is 73.5 Å². The number of ether oxygens (including phenoxy) is 1. The largest absolute Gasteiger partial charge is 0.393 e. The van der Waals surface area contributed by atoms with Gasteiger partial charge >= 0.3 is 0 Å². The average molecular weight is 270 g/mol. The van der Waals surface area contributed by atoms with Gasteiger partial charge in [0.05, 0.1) is 12.2 Å². The summed E-state index contributed by atoms with van der Waals surface area (Å²) in [7, 11) is 4.35. The molecule has 2 heterocycles. The van der Waals surface area contributed by atoms with Crippen LogP contribution in [-0.2, 0) is 4.74 Å². The molecule has 2 aliphatic rings. The van der Waals surface area contributed by atoms with E-state index in [-0.39, 0.29) is 6.10 Å². The molecule has 0 aromatic rings. The maximum absolute atomic E-state index is 10.2. The zero-order valence-electron chi connectivity index (χ0n) is 12.6. The lowest BCUT2D eigenvalue weighted by atomic mass is 10.00. The van der Waals surface area contributed by atoms with Gasteiger partial charge in [-0.2, -0.15) is 0 Å². The van der Waals surface area contributed by atoms with E-state index >= 15 is 0 Å². The average Bonchev–Trinajstić information content (AvgIpc) is 2.87. The lowest BCUT2D eigenvalue weighted by Crippen LogP contribution is -2.50. The van der Waals surface area contributed by atoms with Crippen molar-refractivity contribution in [2.24, 2.45) is 0 Å². The molecule has 3 atom stereocenters. The van der Waals surface area contributed by atoms with Gasteiger partial charge in [-0.1, -0.05) is 0 Å². The molecule has 0 bridgehead atoms. The quantitative estimate of drug-likeness (QED) is 0.790. The van der Waals surface area contributed by atoms with Crippen molar-refractivity contribution < 1.29 is 9.84 Å². The third-order valence-corrected chi connectivity index (χ3v) is 4.61. The van der Waals surface area contributed by atoms with Crippen LogP contribution in [0.4, 0.5) is 0 Å². The van der Waals surface area contributed by atoms with Crippen LogP contribution in [0.5, 0.6) is 0 Å². The van der Waals surface area contributed by atoms with Gasteiger partial charge in [-0.3, -0.25) is 0 Å². The van der Waals surface area contributed by atoms with E-state index in [1.165, 1.54) is 12.8 Å². The number of aliphatic hydroxyl groups is 1. The number of nitrogens with zero attached hydrogens (tertiary/aromatic N) is 2. The maximum atomic E-state index is 10.2. The van der Waals surface area contributed by atoms with Gasteiger partial charge in [-0.15, -0.1) is 0 Å². The standard InChI is InChI=1S/C15H30N2O2/c1-16-8-9-17(2)13(12-16)11-14(18)5-3-6-15-7-4-10-19-15/h13-15,18H,3-12H2,1-2H3. The zero-order chi connectivity index (χ0) is 13.7. The third kappa shape index (κ3) is 5.03. The number of aliphatic hydroxyl groups excluding tert-OH is 1. The molecule has 3 unspecified atom stereocenters. The van der Waals surface area contributed by atoms with E-state index in [4.69, 9.17) is 4.74 Å². The fourth-order valence-electron chi connectivity index (χ4n) is 3.24. The highest BCUT2D eigenvalue weighted by Gasteiger charge is 2.24. The molecule has 2 rings (SSSR count). The first-order chi connectivity index (χ1) is 9.15. The summed E-state index contributed by atoms with van der Waals surface area (Å²) >= 11 is 0. The molecule has 0 amide bonds. The van der Waals surface area contributed by atoms with Crippen LogP contribution in [0.1, 0.15) is 38.5 Å². The molecular weight excluding hydrogens is 240 g/mol. The number of likely N-dealkylation sites (N-methyl/N-ethyl adjacent to an activating group) is 2. The minimum Gasteiger partial charge on any atom is -0.393 e. The Labute approximate surface area is 117 Å². The predicted molar refractivity (Wildman–Crippen MR) is 77.4 cm³/mol. The summed E-state index contributed by atoms with van der Waals surface area (Å²) in [5.41, 5.74) is 0. The van der Waals surface area contributed by atoms with Gasteiger partial charge in [-0.25, -0.2) is 0 Å². The number of rotatable bonds is 6. The summed E-state index contributed by atoms with van der Waals surface area (Å²) in [6, 6.07) is 0.511. The van der Waals surface area contributed by atoms with Gasteiger partial charge in [0.2, 0.25) is 0 Å². The molecule has 1 N–H and O–H groups in total. The van der Waals surface area contributed by atoms with Gasteiger partial charge in [0.15, 0.2) is 0 Å². The zero-order valence-corrected chi connectivity index (χ0v) is 12.6. The summed E-state index contributed by atoms with van der Waals surface area (Å²) in [5.74, 6) is 0. The van der Waals surface area contributed by atoms with E-state index in [0.29, 0.717) is 12.1 Å². The van der Waals surface area contributed by atoms with Crippen molar-refractivity contribution in [3.8, 4) is 0 Å². The van der Waals surface area contributed by atoms with Crippen LogP contribution in [0.3, 0.4) is 0 Å². The molecule has 0 aromatic heterocycles. The Morgan fingerprint density at radius 3 is 2.89 bits per heavy atom. The molecule has 19 heavy (non-hydrogen) atoms. The monoisotopic (exact) mass is 270 g/mol. The Morgan fingerprint density at radius 1 is 1.32 bits per heavy atom. The minimum atomic E-state index is -0.152. The Morgan fingerprint density at radius 2 is 2.16 bits per heavy atom. The second-order valence-corrected chi connectivity index (χ2v) is 6.35. The normalized spacial score (nSPS) is 31.7. The topological polar surface area (TPSA) is 35.9 Å². The molecule has 4 nitrogen and oxygen atoms in total. The molecule has 2 saturated heterocycles. The van der Waals surface area contributed by atoms with E-state index in [1.807, 2.05) is 0 Å². The molecule has 2 aliphatic heterocycles. The Kier molecular flexibility index (Phi) is 6.07. The summed E-state index contributed by atoms with van der Waals surface area (Å²) in [4.78, 5) is 4.76. The number of piperazine rings is 1. The van der Waals surface area contributed by atoms with Crippen LogP contribution in [0, 0.1) is 0 Å². The highest BCUT2D eigenvalue weighted by atomic mass is 16.5. The Hall–Kier alpha value is -0.160. The summed E-state index contributed by atoms with van der Waals surface area (Å²) < 4.78 is 5.62. The lowest BCUT2D eigenvalue weighted by molar-refractivity contribution is 0.0552. The molecule has 0 aromatic carbocycles. The molecule has 0 spiro atoms. The molecule has 112 valence electrons. The number of hydrogen-bond donors (Lipinski definition) is 1. The maximum Gasteiger partial charge on any atom is 0.0576 e. The van der Waals surface area contributed by atoms with Crippen LogP contribution in [0.2, 0.25) is 0 Å². The van der Waals surface area contributed by atoms with Crippen molar-refractivity contribution in [3.63, 3.8) is 0 Å². The second kappa shape index (κ2) is 7.58. The van der Waals surface area contributed by atoms with Crippen molar-refractivity contribution in [2.45, 2.75) is 56.8 Å². The van der Waals surface area contributed by atoms with Crippen molar-refractivity contribution in [2.75, 3.05) is 40.3 Å². The van der Waals surface area contributed by atoms with Gasteiger partial charge in [0, 0.05) is 32.3 Å². The van der Waals surface area contributed by atoms with Crippen molar-refractivity contribution in [1.82, 2.24) is 9.80 Å². The van der Waals surface area contributed by atoms with E-state index in [1.54, 1.807) is 0 Å². The third-order valence-electron chi connectivity index (χ3n) is 4.61. The fraction of sp³-hybridized carbons (Fsp3) is 1.00. The van der Waals surface area contributed by atoms with Crippen molar-refractivity contribution in [3.05, 3.63) is 0 Å². The van der Waals surface area contributed by atoms with E-state index < -0.39 is 0 Å². The van der Waals surface area contributed by atoms with Crippen LogP contribution < -0.4 is 0 Å². The van der Waals surface area contributed by atoms with Crippen molar-refractivity contribution >= 4 is 0 Å². The first-order valence-corrected chi connectivity index (χ1v) is 7.83. The van der Waals surface area contributed by atoms with E-state index in [2.05, 4.69) is 23.9 Å². The molecule has 0 aliphatic carbocycles. The molecule has 4 heteroatoms. The van der Waals surface area contributed by atoms with Gasteiger partial charge in [0.25, 0.3) is 0 Å². The van der Waals surface area contributed by atoms with Gasteiger partial charge in [0.1, 0.15) is 0 Å². The minimum absolute atomic E-state index is 0.152. The molecular formula is C15H30N2O2. The predicted octanol–water partition coefficient (Wildman–Crippen LogP) is 1.33. The van der Waals surface area contributed by atoms with E-state index in [9.17, 15) is 5.11 Å². The molecule has 0 radical (unpaired) electrons. The van der Waals surface area contributed by atoms with Crippen LogP contribution >= 0.6 is 0 Å². The SMILES string of the molecule is CN1CCN(C)C(CC(O)CCCC2CCCO2)C1. The summed E-state index contributed by atoms with van der Waals surface area (Å²) in [6.07, 6.45) is 6.80. The van der Waals surface area contributed by atoms with Crippen molar-refractivity contribution in [1.29, 1.82) is 0 Å². The number of hydrogen-bond acceptors (Lipinski definition) is 4. The first-order valence-electron chi connectivity index (χ1n) is 7.83. The van der Waals surface area contributed by atoms with Crippen LogP contribution in [0.15, 0.2) is 0 Å². The highest BCUT2D eigenvalue weighted by molar-refractivity contribution is 4.81. The second-order valence-electron chi connectivity index (χ2n) is 6.35. The smallest absolute Gasteiger partial charge is 0.0576 e. The Balaban J connectivity index is 1.61.